The summed E-state index contributed by atoms with van der Waals surface area (Å²) in [5.74, 6) is -2.13. The van der Waals surface area contributed by atoms with E-state index in [-0.39, 0.29) is 30.9 Å². The smallest absolute Gasteiger partial charge is 0.251 e. The number of nitrogens with zero attached hydrogens (tertiary/aromatic N) is 3. The van der Waals surface area contributed by atoms with Gasteiger partial charge in [-0.25, -0.2) is 0 Å². The highest BCUT2D eigenvalue weighted by Crippen LogP contribution is 2.66. The average molecular weight is 578 g/mol. The fourth-order valence-corrected chi connectivity index (χ4v) is 9.38. The van der Waals surface area contributed by atoms with Crippen molar-refractivity contribution in [3.8, 4) is 0 Å². The molecule has 3 amide bonds. The van der Waals surface area contributed by atoms with E-state index in [0.29, 0.717) is 23.7 Å². The van der Waals surface area contributed by atoms with E-state index in [9.17, 15) is 19.5 Å². The molecule has 1 spiro atoms. The monoisotopic (exact) mass is 577 g/mol. The van der Waals surface area contributed by atoms with Gasteiger partial charge in [-0.05, 0) is 37.6 Å². The van der Waals surface area contributed by atoms with Gasteiger partial charge in [0.05, 0.1) is 39.9 Å². The molecule has 2 fully saturated rings. The van der Waals surface area contributed by atoms with Crippen molar-refractivity contribution in [3.63, 3.8) is 0 Å². The van der Waals surface area contributed by atoms with Gasteiger partial charge in [0, 0.05) is 23.5 Å². The first-order valence-electron chi connectivity index (χ1n) is 13.7. The molecular weight excluding hydrogens is 546 g/mol. The summed E-state index contributed by atoms with van der Waals surface area (Å²) in [6.07, 6.45) is 8.42. The summed E-state index contributed by atoms with van der Waals surface area (Å²) in [6, 6.07) is 15.2. The second kappa shape index (κ2) is 10.1. The summed E-state index contributed by atoms with van der Waals surface area (Å²) in [5.41, 5.74) is 1.34. The maximum absolute atomic E-state index is 14.6. The van der Waals surface area contributed by atoms with Crippen molar-refractivity contribution in [2.24, 2.45) is 11.8 Å². The zero-order chi connectivity index (χ0) is 28.2. The molecule has 2 saturated heterocycles. The van der Waals surface area contributed by atoms with Crippen LogP contribution in [0.15, 0.2) is 78.9 Å². The summed E-state index contributed by atoms with van der Waals surface area (Å²) < 4.78 is -1.71. The van der Waals surface area contributed by atoms with Gasteiger partial charge in [0.15, 0.2) is 0 Å². The third-order valence-electron chi connectivity index (χ3n) is 8.78. The maximum atomic E-state index is 14.6. The molecule has 6 atom stereocenters. The third kappa shape index (κ3) is 3.87. The lowest BCUT2D eigenvalue weighted by atomic mass is 9.74. The first-order valence-corrected chi connectivity index (χ1v) is 14.9. The second-order valence-electron chi connectivity index (χ2n) is 11.0. The third-order valence-corrected chi connectivity index (χ3v) is 10.9. The van der Waals surface area contributed by atoms with Gasteiger partial charge in [-0.3, -0.25) is 14.4 Å². The van der Waals surface area contributed by atoms with Crippen molar-refractivity contribution in [1.29, 1.82) is 0 Å². The van der Waals surface area contributed by atoms with Crippen LogP contribution in [0.2, 0.25) is 5.02 Å². The highest BCUT2D eigenvalue weighted by atomic mass is 35.5. The van der Waals surface area contributed by atoms with E-state index < -0.39 is 33.4 Å². The number of likely N-dealkylation sites (tertiary alicyclic amines) is 1. The number of hydrogen-bond donors (Lipinski definition) is 1. The van der Waals surface area contributed by atoms with E-state index in [4.69, 9.17) is 11.6 Å². The SMILES string of the molecule is CC[C@@H](CO)N1C(=O)[C@@H]2[C@H]3C(=O)N(c4ccccc4)CC=C[C@@]3(C)S[C@@]23C=CCN(c2ccccc2Cl)C(=O)C13. The number of amides is 3. The van der Waals surface area contributed by atoms with E-state index in [1.54, 1.807) is 26.8 Å². The Morgan fingerprint density at radius 3 is 2.30 bits per heavy atom. The number of carbonyl (C=O) groups excluding carboxylic acids is 3. The summed E-state index contributed by atoms with van der Waals surface area (Å²) in [4.78, 5) is 48.5. The number of anilines is 2. The lowest BCUT2D eigenvalue weighted by Gasteiger charge is -2.39. The van der Waals surface area contributed by atoms with Crippen LogP contribution in [0, 0.1) is 11.8 Å². The van der Waals surface area contributed by atoms with Gasteiger partial charge in [0.1, 0.15) is 6.04 Å². The van der Waals surface area contributed by atoms with Gasteiger partial charge >= 0.3 is 0 Å². The fourth-order valence-electron chi connectivity index (χ4n) is 6.99. The van der Waals surface area contributed by atoms with Crippen LogP contribution in [0.1, 0.15) is 20.3 Å². The van der Waals surface area contributed by atoms with E-state index in [1.807, 2.05) is 80.6 Å². The molecule has 2 aromatic rings. The minimum absolute atomic E-state index is 0.132. The van der Waals surface area contributed by atoms with E-state index in [0.717, 1.165) is 5.69 Å². The quantitative estimate of drug-likeness (QED) is 0.536. The Bertz CT molecular complexity index is 1410. The first-order chi connectivity index (χ1) is 19.3. The number of hydrogen-bond acceptors (Lipinski definition) is 5. The number of carbonyl (C=O) groups is 3. The van der Waals surface area contributed by atoms with Crippen LogP contribution in [0.5, 0.6) is 0 Å². The number of rotatable bonds is 5. The summed E-state index contributed by atoms with van der Waals surface area (Å²) in [6.45, 7) is 4.31. The number of fused-ring (bicyclic) bond motifs is 2. The highest BCUT2D eigenvalue weighted by Gasteiger charge is 2.74. The molecule has 4 aliphatic rings. The molecule has 40 heavy (non-hydrogen) atoms. The molecule has 0 radical (unpaired) electrons. The van der Waals surface area contributed by atoms with Crippen molar-refractivity contribution in [2.45, 2.75) is 41.8 Å². The molecule has 0 aromatic heterocycles. The van der Waals surface area contributed by atoms with Crippen molar-refractivity contribution >= 4 is 52.5 Å². The molecule has 7 nitrogen and oxygen atoms in total. The van der Waals surface area contributed by atoms with Crippen molar-refractivity contribution < 1.29 is 19.5 Å². The number of thioether (sulfide) groups is 1. The Balaban J connectivity index is 1.51. The van der Waals surface area contributed by atoms with Crippen LogP contribution in [0.3, 0.4) is 0 Å². The molecule has 9 heteroatoms. The van der Waals surface area contributed by atoms with Crippen LogP contribution >= 0.6 is 23.4 Å². The Morgan fingerprint density at radius 2 is 1.60 bits per heavy atom. The van der Waals surface area contributed by atoms with Crippen LogP contribution in [-0.2, 0) is 14.4 Å². The number of halogens is 1. The molecule has 208 valence electrons. The number of aliphatic hydroxyl groups is 1. The Morgan fingerprint density at radius 1 is 0.925 bits per heavy atom. The molecule has 4 heterocycles. The number of benzene rings is 2. The molecule has 6 rings (SSSR count). The van der Waals surface area contributed by atoms with Gasteiger partial charge in [-0.2, -0.15) is 0 Å². The van der Waals surface area contributed by atoms with Crippen LogP contribution in [0.4, 0.5) is 11.4 Å². The number of aliphatic hydroxyl groups excluding tert-OH is 1. The molecule has 0 aliphatic carbocycles. The van der Waals surface area contributed by atoms with Crippen molar-refractivity contribution in [1.82, 2.24) is 4.90 Å². The van der Waals surface area contributed by atoms with E-state index in [2.05, 4.69) is 0 Å². The van der Waals surface area contributed by atoms with Crippen LogP contribution < -0.4 is 9.80 Å². The van der Waals surface area contributed by atoms with Gasteiger partial charge in [-0.15, -0.1) is 11.8 Å². The maximum Gasteiger partial charge on any atom is 0.251 e. The predicted octanol–water partition coefficient (Wildman–Crippen LogP) is 4.30. The topological polar surface area (TPSA) is 81.2 Å². The average Bonchev–Trinajstić information content (AvgIpc) is 3.22. The van der Waals surface area contributed by atoms with Gasteiger partial charge in [0.25, 0.3) is 5.91 Å². The zero-order valence-electron chi connectivity index (χ0n) is 22.4. The van der Waals surface area contributed by atoms with E-state index >= 15 is 0 Å². The van der Waals surface area contributed by atoms with Gasteiger partial charge < -0.3 is 19.8 Å². The molecule has 0 saturated carbocycles. The summed E-state index contributed by atoms with van der Waals surface area (Å²) in [5, 5.41) is 10.8. The van der Waals surface area contributed by atoms with Crippen molar-refractivity contribution in [2.75, 3.05) is 29.5 Å². The normalized spacial score (nSPS) is 32.0. The fraction of sp³-hybridized carbons (Fsp3) is 0.387. The van der Waals surface area contributed by atoms with Crippen LogP contribution in [0.25, 0.3) is 0 Å². The standard InChI is InChI=1S/C31H32ClN3O4S/c1-3-20(19-36)35-26-29(39)34(23-14-8-7-13-22(23)32)18-10-16-31(26)25(28(35)38)24-27(37)33(21-11-5-4-6-12-21)17-9-15-30(24,2)40-31/h4-16,20,24-26,36H,3,17-19H2,1-2H3/t20-,24-,25-,26?,30+,31-/m0/s1. The molecule has 1 N–H and O–H groups in total. The molecule has 2 aromatic carbocycles. The molecule has 0 bridgehead atoms. The Hall–Kier alpha value is -3.07. The minimum Gasteiger partial charge on any atom is -0.394 e. The lowest BCUT2D eigenvalue weighted by Crippen LogP contribution is -2.56. The van der Waals surface area contributed by atoms with Gasteiger partial charge in [0.2, 0.25) is 11.8 Å². The second-order valence-corrected chi connectivity index (χ2v) is 13.2. The van der Waals surface area contributed by atoms with E-state index in [1.165, 1.54) is 11.8 Å². The van der Waals surface area contributed by atoms with Gasteiger partial charge in [-0.1, -0.05) is 73.2 Å². The number of para-hydroxylation sites is 2. The highest BCUT2D eigenvalue weighted by molar-refractivity contribution is 8.02. The molecular formula is C31H32ClN3O4S. The van der Waals surface area contributed by atoms with Crippen LogP contribution in [-0.4, -0.2) is 69.0 Å². The first kappa shape index (κ1) is 27.1. The zero-order valence-corrected chi connectivity index (χ0v) is 24.0. The minimum atomic E-state index is -0.994. The largest absolute Gasteiger partial charge is 0.394 e. The van der Waals surface area contributed by atoms with Crippen molar-refractivity contribution in [3.05, 3.63) is 83.9 Å². The summed E-state index contributed by atoms with van der Waals surface area (Å²) in [7, 11) is 0. The lowest BCUT2D eigenvalue weighted by molar-refractivity contribution is -0.142. The Labute approximate surface area is 243 Å². The molecule has 1 unspecified atom stereocenters. The predicted molar refractivity (Wildman–Crippen MR) is 158 cm³/mol. The molecule has 4 aliphatic heterocycles. The Kier molecular flexibility index (Phi) is 6.84. The summed E-state index contributed by atoms with van der Waals surface area (Å²) >= 11 is 8.07.